The summed E-state index contributed by atoms with van der Waals surface area (Å²) in [6, 6.07) is 6.40. The molecule has 0 saturated carbocycles. The van der Waals surface area contributed by atoms with Crippen molar-refractivity contribution in [3.05, 3.63) is 24.3 Å². The molecule has 0 saturated heterocycles. The summed E-state index contributed by atoms with van der Waals surface area (Å²) in [5.74, 6) is -0.314. The fourth-order valence-electron chi connectivity index (χ4n) is 0.880. The summed E-state index contributed by atoms with van der Waals surface area (Å²) in [5, 5.41) is 13.9. The van der Waals surface area contributed by atoms with Crippen LogP contribution in [-0.2, 0) is 9.90 Å². The molecule has 0 aromatic heterocycles. The van der Waals surface area contributed by atoms with Crippen molar-refractivity contribution in [2.45, 2.75) is 20.8 Å². The van der Waals surface area contributed by atoms with Gasteiger partial charge in [-0.1, -0.05) is 32.9 Å². The molecular formula is C11H14NO2. The van der Waals surface area contributed by atoms with Gasteiger partial charge in [-0.3, -0.25) is 9.90 Å². The molecule has 1 amide bonds. The summed E-state index contributed by atoms with van der Waals surface area (Å²) in [7, 11) is 0. The Morgan fingerprint density at radius 1 is 1.21 bits per heavy atom. The van der Waals surface area contributed by atoms with Crippen LogP contribution in [-0.4, -0.2) is 5.91 Å². The number of hydrogen-bond acceptors (Lipinski definition) is 1. The third-order valence-electron chi connectivity index (χ3n) is 1.82. The van der Waals surface area contributed by atoms with Crippen molar-refractivity contribution < 1.29 is 9.90 Å². The van der Waals surface area contributed by atoms with Crippen LogP contribution in [0, 0.1) is 5.41 Å². The van der Waals surface area contributed by atoms with Gasteiger partial charge in [-0.2, -0.15) is 0 Å². The van der Waals surface area contributed by atoms with Gasteiger partial charge in [-0.15, -0.1) is 0 Å². The highest BCUT2D eigenvalue weighted by Crippen LogP contribution is 2.25. The van der Waals surface area contributed by atoms with Crippen LogP contribution in [0.3, 0.4) is 0 Å². The molecule has 0 heterocycles. The van der Waals surface area contributed by atoms with Gasteiger partial charge in [0.25, 0.3) is 0 Å². The summed E-state index contributed by atoms with van der Waals surface area (Å²) in [6.45, 7) is 5.40. The van der Waals surface area contributed by atoms with Crippen LogP contribution in [0.15, 0.2) is 24.3 Å². The smallest absolute Gasteiger partial charge is 0.229 e. The van der Waals surface area contributed by atoms with Gasteiger partial charge in [-0.05, 0) is 12.1 Å². The Balaban J connectivity index is 2.80. The number of hydrogen-bond donors (Lipinski definition) is 1. The first-order chi connectivity index (χ1) is 6.41. The highest BCUT2D eigenvalue weighted by atomic mass is 16.3. The maximum absolute atomic E-state index is 11.5. The summed E-state index contributed by atoms with van der Waals surface area (Å²) < 4.78 is 0. The number of rotatable bonds is 1. The lowest BCUT2D eigenvalue weighted by Gasteiger charge is -2.17. The van der Waals surface area contributed by atoms with Crippen LogP contribution >= 0.6 is 0 Å². The van der Waals surface area contributed by atoms with E-state index < -0.39 is 5.41 Å². The number of benzene rings is 1. The zero-order chi connectivity index (χ0) is 10.8. The molecule has 0 bridgehead atoms. The quantitative estimate of drug-likeness (QED) is 0.730. The molecule has 1 N–H and O–H groups in total. The normalized spacial score (nSPS) is 11.1. The first-order valence-electron chi connectivity index (χ1n) is 4.49. The fourth-order valence-corrected chi connectivity index (χ4v) is 0.880. The molecule has 0 aliphatic heterocycles. The van der Waals surface area contributed by atoms with Crippen molar-refractivity contribution >= 4 is 11.6 Å². The van der Waals surface area contributed by atoms with Gasteiger partial charge in [0, 0.05) is 5.41 Å². The summed E-state index contributed by atoms with van der Waals surface area (Å²) >= 11 is 0. The second-order valence-electron chi connectivity index (χ2n) is 4.20. The highest BCUT2D eigenvalue weighted by molar-refractivity contribution is 5.95. The van der Waals surface area contributed by atoms with Gasteiger partial charge in [0.05, 0.1) is 5.69 Å². The molecular weight excluding hydrogens is 178 g/mol. The summed E-state index contributed by atoms with van der Waals surface area (Å²) in [5.41, 5.74) is -0.144. The topological polar surface area (TPSA) is 49.0 Å². The highest BCUT2D eigenvalue weighted by Gasteiger charge is 2.21. The average Bonchev–Trinajstić information content (AvgIpc) is 2.07. The minimum absolute atomic E-state index is 0.152. The Kier molecular flexibility index (Phi) is 2.79. The SMILES string of the molecule is CC(C)(C)C(=O)Nc1ccccc1[O]. The van der Waals surface area contributed by atoms with Crippen molar-refractivity contribution in [3.63, 3.8) is 0 Å². The number of anilines is 1. The Labute approximate surface area is 83.8 Å². The van der Waals surface area contributed by atoms with E-state index in [1.165, 1.54) is 6.07 Å². The molecule has 3 nitrogen and oxygen atoms in total. The number of nitrogens with one attached hydrogen (secondary N) is 1. The fraction of sp³-hybridized carbons (Fsp3) is 0.364. The first kappa shape index (κ1) is 10.6. The zero-order valence-corrected chi connectivity index (χ0v) is 8.63. The van der Waals surface area contributed by atoms with E-state index in [-0.39, 0.29) is 11.7 Å². The van der Waals surface area contributed by atoms with Crippen molar-refractivity contribution in [3.8, 4) is 5.75 Å². The maximum Gasteiger partial charge on any atom is 0.229 e. The largest absolute Gasteiger partial charge is 0.322 e. The molecule has 0 aliphatic carbocycles. The van der Waals surface area contributed by atoms with Gasteiger partial charge >= 0.3 is 0 Å². The predicted octanol–water partition coefficient (Wildman–Crippen LogP) is 2.82. The number of carbonyl (C=O) groups is 1. The first-order valence-corrected chi connectivity index (χ1v) is 4.49. The lowest BCUT2D eigenvalue weighted by molar-refractivity contribution is -0.123. The molecule has 14 heavy (non-hydrogen) atoms. The molecule has 0 aliphatic rings. The van der Waals surface area contributed by atoms with E-state index in [9.17, 15) is 9.90 Å². The van der Waals surface area contributed by atoms with Gasteiger partial charge in [0.15, 0.2) is 0 Å². The Morgan fingerprint density at radius 2 is 1.79 bits per heavy atom. The van der Waals surface area contributed by atoms with E-state index in [1.54, 1.807) is 39.0 Å². The third kappa shape index (κ3) is 2.49. The van der Waals surface area contributed by atoms with Crippen LogP contribution in [0.5, 0.6) is 5.75 Å². The minimum atomic E-state index is -0.484. The Hall–Kier alpha value is -1.51. The van der Waals surface area contributed by atoms with Crippen molar-refractivity contribution in [2.75, 3.05) is 5.32 Å². The summed E-state index contributed by atoms with van der Waals surface area (Å²) in [4.78, 5) is 11.5. The minimum Gasteiger partial charge on any atom is -0.322 e. The van der Waals surface area contributed by atoms with Gasteiger partial charge < -0.3 is 5.32 Å². The van der Waals surface area contributed by atoms with Gasteiger partial charge in [-0.25, -0.2) is 0 Å². The second kappa shape index (κ2) is 3.70. The van der Waals surface area contributed by atoms with Crippen LogP contribution in [0.4, 0.5) is 5.69 Å². The lowest BCUT2D eigenvalue weighted by atomic mass is 9.95. The molecule has 0 fully saturated rings. The average molecular weight is 192 g/mol. The third-order valence-corrected chi connectivity index (χ3v) is 1.82. The van der Waals surface area contributed by atoms with E-state index in [4.69, 9.17) is 0 Å². The lowest BCUT2D eigenvalue weighted by Crippen LogP contribution is -2.27. The maximum atomic E-state index is 11.5. The monoisotopic (exact) mass is 192 g/mol. The van der Waals surface area contributed by atoms with E-state index >= 15 is 0 Å². The van der Waals surface area contributed by atoms with E-state index in [0.29, 0.717) is 5.69 Å². The van der Waals surface area contributed by atoms with E-state index in [0.717, 1.165) is 0 Å². The van der Waals surface area contributed by atoms with E-state index in [1.807, 2.05) is 0 Å². The van der Waals surface area contributed by atoms with Gasteiger partial charge in [0.2, 0.25) is 11.7 Å². The Bertz CT molecular complexity index is 339. The van der Waals surface area contributed by atoms with Crippen molar-refractivity contribution in [2.24, 2.45) is 5.41 Å². The van der Waals surface area contributed by atoms with Crippen LogP contribution in [0.2, 0.25) is 0 Å². The summed E-state index contributed by atoms with van der Waals surface area (Å²) in [6.07, 6.45) is 0. The van der Waals surface area contributed by atoms with Crippen LogP contribution < -0.4 is 5.32 Å². The molecule has 1 aromatic carbocycles. The standard InChI is InChI=1S/C11H14NO2/c1-11(2,3)10(14)12-8-6-4-5-7-9(8)13/h4-7H,1-3H3,(H,12,14). The number of carbonyl (C=O) groups excluding carboxylic acids is 1. The molecule has 1 aromatic rings. The molecule has 0 spiro atoms. The molecule has 0 atom stereocenters. The molecule has 0 unspecified atom stereocenters. The molecule has 75 valence electrons. The molecule has 1 radical (unpaired) electrons. The Morgan fingerprint density at radius 3 is 2.29 bits per heavy atom. The van der Waals surface area contributed by atoms with E-state index in [2.05, 4.69) is 5.32 Å². The van der Waals surface area contributed by atoms with Crippen molar-refractivity contribution in [1.82, 2.24) is 0 Å². The van der Waals surface area contributed by atoms with Crippen molar-refractivity contribution in [1.29, 1.82) is 0 Å². The van der Waals surface area contributed by atoms with Gasteiger partial charge in [0.1, 0.15) is 0 Å². The number of amides is 1. The van der Waals surface area contributed by atoms with Crippen LogP contribution in [0.1, 0.15) is 20.8 Å². The predicted molar refractivity (Wildman–Crippen MR) is 54.7 cm³/mol. The number of para-hydroxylation sites is 2. The van der Waals surface area contributed by atoms with Crippen LogP contribution in [0.25, 0.3) is 0 Å². The zero-order valence-electron chi connectivity index (χ0n) is 8.63. The second-order valence-corrected chi connectivity index (χ2v) is 4.20. The molecule has 3 heteroatoms. The molecule has 1 rings (SSSR count).